The Morgan fingerprint density at radius 1 is 1.36 bits per heavy atom. The fourth-order valence-corrected chi connectivity index (χ4v) is 5.22. The standard InChI is InChI=1S/C18H22BrNO2/c1-12(2)18-9-16(17(3,22-18)8-15(18)19)21-11-14-6-4-13(10-20)5-7-14/h4-7,12,15-16H,8-9,11H2,1-3H3/t15-,16+,17-,18+/m0/s1. The molecule has 0 aliphatic carbocycles. The van der Waals surface area contributed by atoms with Crippen LogP contribution < -0.4 is 0 Å². The number of alkyl halides is 1. The van der Waals surface area contributed by atoms with Gasteiger partial charge in [-0.1, -0.05) is 41.9 Å². The number of benzene rings is 1. The van der Waals surface area contributed by atoms with Gasteiger partial charge in [0, 0.05) is 11.2 Å². The molecule has 1 aromatic carbocycles. The monoisotopic (exact) mass is 363 g/mol. The number of halogens is 1. The summed E-state index contributed by atoms with van der Waals surface area (Å²) in [7, 11) is 0. The van der Waals surface area contributed by atoms with E-state index in [1.54, 1.807) is 0 Å². The summed E-state index contributed by atoms with van der Waals surface area (Å²) < 4.78 is 12.6. The minimum absolute atomic E-state index is 0.107. The first-order valence-electron chi connectivity index (χ1n) is 7.84. The minimum atomic E-state index is -0.203. The zero-order valence-electron chi connectivity index (χ0n) is 13.3. The molecule has 2 aliphatic heterocycles. The van der Waals surface area contributed by atoms with Gasteiger partial charge >= 0.3 is 0 Å². The maximum Gasteiger partial charge on any atom is 0.0991 e. The molecule has 3 rings (SSSR count). The zero-order chi connectivity index (χ0) is 16.0. The molecule has 0 radical (unpaired) electrons. The summed E-state index contributed by atoms with van der Waals surface area (Å²) in [6.07, 6.45) is 2.05. The lowest BCUT2D eigenvalue weighted by molar-refractivity contribution is -0.0955. The van der Waals surface area contributed by atoms with Crippen molar-refractivity contribution < 1.29 is 9.47 Å². The molecule has 0 saturated carbocycles. The van der Waals surface area contributed by atoms with Gasteiger partial charge < -0.3 is 9.47 Å². The lowest BCUT2D eigenvalue weighted by Crippen LogP contribution is -2.44. The Morgan fingerprint density at radius 3 is 2.59 bits per heavy atom. The van der Waals surface area contributed by atoms with Gasteiger partial charge in [-0.2, -0.15) is 5.26 Å². The van der Waals surface area contributed by atoms with Gasteiger partial charge in [0.2, 0.25) is 0 Å². The molecule has 4 heteroatoms. The van der Waals surface area contributed by atoms with Crippen LogP contribution in [0.4, 0.5) is 0 Å². The predicted octanol–water partition coefficient (Wildman–Crippen LogP) is 4.18. The van der Waals surface area contributed by atoms with E-state index in [9.17, 15) is 0 Å². The van der Waals surface area contributed by atoms with Crippen molar-refractivity contribution in [2.45, 2.75) is 62.4 Å². The maximum absolute atomic E-state index is 8.84. The fraction of sp³-hybridized carbons (Fsp3) is 0.611. The highest BCUT2D eigenvalue weighted by Gasteiger charge is 2.65. The molecule has 2 saturated heterocycles. The Kier molecular flexibility index (Phi) is 4.09. The quantitative estimate of drug-likeness (QED) is 0.753. The van der Waals surface area contributed by atoms with Gasteiger partial charge in [0.25, 0.3) is 0 Å². The molecule has 2 bridgehead atoms. The molecule has 1 aromatic rings. The summed E-state index contributed by atoms with van der Waals surface area (Å²) in [6.45, 7) is 7.18. The van der Waals surface area contributed by atoms with Crippen molar-refractivity contribution in [3.8, 4) is 6.07 Å². The van der Waals surface area contributed by atoms with E-state index in [0.717, 1.165) is 18.4 Å². The number of hydrogen-bond acceptors (Lipinski definition) is 3. The van der Waals surface area contributed by atoms with Gasteiger partial charge in [0.05, 0.1) is 35.5 Å². The largest absolute Gasteiger partial charge is 0.370 e. The predicted molar refractivity (Wildman–Crippen MR) is 88.7 cm³/mol. The topological polar surface area (TPSA) is 42.2 Å². The second-order valence-electron chi connectivity index (χ2n) is 7.01. The number of fused-ring (bicyclic) bond motifs is 2. The van der Waals surface area contributed by atoms with Crippen LogP contribution >= 0.6 is 15.9 Å². The Hall–Kier alpha value is -0.890. The third-order valence-corrected chi connectivity index (χ3v) is 6.33. The lowest BCUT2D eigenvalue weighted by atomic mass is 9.75. The van der Waals surface area contributed by atoms with E-state index in [1.165, 1.54) is 0 Å². The molecule has 2 fully saturated rings. The minimum Gasteiger partial charge on any atom is -0.370 e. The third-order valence-electron chi connectivity index (χ3n) is 5.23. The molecule has 118 valence electrons. The molecule has 0 unspecified atom stereocenters. The summed E-state index contributed by atoms with van der Waals surface area (Å²) in [5.41, 5.74) is 1.47. The number of rotatable bonds is 4. The van der Waals surface area contributed by atoms with Crippen molar-refractivity contribution in [2.75, 3.05) is 0 Å². The van der Waals surface area contributed by atoms with E-state index in [0.29, 0.717) is 22.9 Å². The zero-order valence-corrected chi connectivity index (χ0v) is 14.9. The second kappa shape index (κ2) is 5.63. The molecular formula is C18H22BrNO2. The van der Waals surface area contributed by atoms with E-state index in [-0.39, 0.29) is 17.3 Å². The van der Waals surface area contributed by atoms with E-state index in [2.05, 4.69) is 42.8 Å². The van der Waals surface area contributed by atoms with Crippen LogP contribution in [-0.4, -0.2) is 22.1 Å². The van der Waals surface area contributed by atoms with E-state index in [1.807, 2.05) is 24.3 Å². The van der Waals surface area contributed by atoms with Gasteiger partial charge in [-0.25, -0.2) is 0 Å². The van der Waals surface area contributed by atoms with Crippen LogP contribution in [0.3, 0.4) is 0 Å². The molecular weight excluding hydrogens is 342 g/mol. The van der Waals surface area contributed by atoms with Gasteiger partial charge in [-0.15, -0.1) is 0 Å². The van der Waals surface area contributed by atoms with Crippen molar-refractivity contribution in [1.29, 1.82) is 5.26 Å². The van der Waals surface area contributed by atoms with Gasteiger partial charge in [0.1, 0.15) is 0 Å². The first-order chi connectivity index (χ1) is 10.4. The SMILES string of the molecule is CC(C)[C@]12C[C@@H](OCc3ccc(C#N)cc3)[C@](C)(C[C@@H]1Br)O2. The van der Waals surface area contributed by atoms with Crippen LogP contribution in [-0.2, 0) is 16.1 Å². The maximum atomic E-state index is 8.84. The van der Waals surface area contributed by atoms with E-state index in [4.69, 9.17) is 14.7 Å². The third kappa shape index (κ3) is 2.50. The van der Waals surface area contributed by atoms with Gasteiger partial charge in [-0.05, 0) is 37.0 Å². The van der Waals surface area contributed by atoms with Crippen molar-refractivity contribution in [2.24, 2.45) is 5.92 Å². The highest BCUT2D eigenvalue weighted by Crippen LogP contribution is 2.57. The molecule has 0 aromatic heterocycles. The van der Waals surface area contributed by atoms with Crippen molar-refractivity contribution in [1.82, 2.24) is 0 Å². The number of nitrogens with zero attached hydrogens (tertiary/aromatic N) is 1. The molecule has 22 heavy (non-hydrogen) atoms. The number of ether oxygens (including phenoxy) is 2. The molecule has 0 spiro atoms. The Balaban J connectivity index is 1.68. The lowest BCUT2D eigenvalue weighted by Gasteiger charge is -2.35. The molecule has 4 atom stereocenters. The summed E-state index contributed by atoms with van der Waals surface area (Å²) in [6, 6.07) is 9.72. The molecule has 2 heterocycles. The first kappa shape index (κ1) is 16.0. The summed E-state index contributed by atoms with van der Waals surface area (Å²) in [4.78, 5) is 0.403. The normalized spacial score (nSPS) is 36.7. The highest BCUT2D eigenvalue weighted by molar-refractivity contribution is 9.09. The van der Waals surface area contributed by atoms with Crippen LogP contribution in [0.2, 0.25) is 0 Å². The highest BCUT2D eigenvalue weighted by atomic mass is 79.9. The Morgan fingerprint density at radius 2 is 2.05 bits per heavy atom. The van der Waals surface area contributed by atoms with Crippen molar-refractivity contribution in [3.05, 3.63) is 35.4 Å². The van der Waals surface area contributed by atoms with E-state index < -0.39 is 0 Å². The average molecular weight is 364 g/mol. The fourth-order valence-electron chi connectivity index (χ4n) is 3.76. The van der Waals surface area contributed by atoms with Gasteiger partial charge in [0.15, 0.2) is 0 Å². The van der Waals surface area contributed by atoms with Crippen LogP contribution in [0, 0.1) is 17.2 Å². The van der Waals surface area contributed by atoms with Crippen molar-refractivity contribution >= 4 is 15.9 Å². The average Bonchev–Trinajstić information content (AvgIpc) is 2.93. The summed E-state index contributed by atoms with van der Waals surface area (Å²) >= 11 is 3.82. The first-order valence-corrected chi connectivity index (χ1v) is 8.76. The summed E-state index contributed by atoms with van der Waals surface area (Å²) in [5, 5.41) is 8.84. The number of nitriles is 1. The Labute approximate surface area is 140 Å². The Bertz CT molecular complexity index is 594. The molecule has 3 nitrogen and oxygen atoms in total. The molecule has 0 N–H and O–H groups in total. The van der Waals surface area contributed by atoms with Crippen LogP contribution in [0.15, 0.2) is 24.3 Å². The van der Waals surface area contributed by atoms with Crippen LogP contribution in [0.5, 0.6) is 0 Å². The van der Waals surface area contributed by atoms with E-state index >= 15 is 0 Å². The number of hydrogen-bond donors (Lipinski definition) is 0. The van der Waals surface area contributed by atoms with Gasteiger partial charge in [-0.3, -0.25) is 0 Å². The summed E-state index contributed by atoms with van der Waals surface area (Å²) in [5.74, 6) is 0.460. The second-order valence-corrected chi connectivity index (χ2v) is 8.11. The van der Waals surface area contributed by atoms with Crippen molar-refractivity contribution in [3.63, 3.8) is 0 Å². The molecule has 2 aliphatic rings. The smallest absolute Gasteiger partial charge is 0.0991 e. The van der Waals surface area contributed by atoms with Crippen LogP contribution in [0.25, 0.3) is 0 Å². The van der Waals surface area contributed by atoms with Crippen LogP contribution in [0.1, 0.15) is 44.7 Å². The molecule has 0 amide bonds.